The molecule has 3 N–H and O–H groups in total. The Morgan fingerprint density at radius 2 is 2.00 bits per heavy atom. The summed E-state index contributed by atoms with van der Waals surface area (Å²) in [6, 6.07) is 5.06. The zero-order valence-electron chi connectivity index (χ0n) is 13.5. The highest BCUT2D eigenvalue weighted by Gasteiger charge is 2.19. The van der Waals surface area contributed by atoms with Gasteiger partial charge in [-0.1, -0.05) is 28.4 Å². The van der Waals surface area contributed by atoms with Crippen LogP contribution in [0.3, 0.4) is 0 Å². The number of nitrogens with zero attached hydrogens (tertiary/aromatic N) is 3. The summed E-state index contributed by atoms with van der Waals surface area (Å²) in [4.78, 5) is 12.2. The lowest BCUT2D eigenvalue weighted by Gasteiger charge is -2.22. The molecule has 9 heteroatoms. The van der Waals surface area contributed by atoms with E-state index in [4.69, 9.17) is 23.2 Å². The van der Waals surface area contributed by atoms with Gasteiger partial charge < -0.3 is 15.7 Å². The van der Waals surface area contributed by atoms with Crippen molar-refractivity contribution < 1.29 is 9.90 Å². The number of hydrogen-bond acceptors (Lipinski definition) is 5. The first-order valence-electron chi connectivity index (χ1n) is 8.08. The number of benzene rings is 1. The lowest BCUT2D eigenvalue weighted by Crippen LogP contribution is -2.30. The molecule has 2 heterocycles. The molecule has 0 bridgehead atoms. The Balaban J connectivity index is 1.58. The topological polar surface area (TPSA) is 92.1 Å². The Bertz CT molecular complexity index is 726. The first-order chi connectivity index (χ1) is 12.0. The number of rotatable bonds is 5. The molecule has 1 fully saturated rings. The van der Waals surface area contributed by atoms with Gasteiger partial charge in [0.1, 0.15) is 0 Å². The fourth-order valence-electron chi connectivity index (χ4n) is 2.80. The van der Waals surface area contributed by atoms with Crippen LogP contribution < -0.4 is 10.6 Å². The first kappa shape index (κ1) is 18.1. The summed E-state index contributed by atoms with van der Waals surface area (Å²) in [7, 11) is 0. The molecule has 3 rings (SSSR count). The second kappa shape index (κ2) is 8.14. The van der Waals surface area contributed by atoms with Gasteiger partial charge in [0.15, 0.2) is 5.69 Å². The van der Waals surface area contributed by atoms with Crippen molar-refractivity contribution in [3.63, 3.8) is 0 Å². The Labute approximate surface area is 155 Å². The second-order valence-electron chi connectivity index (χ2n) is 5.99. The number of hydrogen-bond donors (Lipinski definition) is 3. The van der Waals surface area contributed by atoms with E-state index in [-0.39, 0.29) is 24.2 Å². The van der Waals surface area contributed by atoms with Gasteiger partial charge in [0.2, 0.25) is 0 Å². The molecule has 25 heavy (non-hydrogen) atoms. The molecule has 1 aliphatic rings. The molecule has 1 saturated heterocycles. The largest absolute Gasteiger partial charge is 0.387 e. The van der Waals surface area contributed by atoms with Gasteiger partial charge in [-0.25, -0.2) is 4.68 Å². The van der Waals surface area contributed by atoms with Crippen molar-refractivity contribution >= 4 is 29.1 Å². The number of aliphatic hydroxyl groups is 1. The van der Waals surface area contributed by atoms with Gasteiger partial charge >= 0.3 is 0 Å². The maximum atomic E-state index is 12.2. The van der Waals surface area contributed by atoms with E-state index in [1.807, 2.05) is 0 Å². The van der Waals surface area contributed by atoms with Gasteiger partial charge in [0, 0.05) is 16.6 Å². The number of nitrogens with one attached hydrogen (secondary N) is 2. The summed E-state index contributed by atoms with van der Waals surface area (Å²) in [6.45, 7) is 1.89. The maximum absolute atomic E-state index is 12.2. The van der Waals surface area contributed by atoms with Crippen LogP contribution in [-0.2, 0) is 0 Å². The number of aliphatic hydroxyl groups excluding tert-OH is 1. The third kappa shape index (κ3) is 4.70. The molecule has 2 aromatic rings. The van der Waals surface area contributed by atoms with Crippen molar-refractivity contribution in [2.75, 3.05) is 19.6 Å². The van der Waals surface area contributed by atoms with Gasteiger partial charge in [-0.05, 0) is 49.7 Å². The fourth-order valence-corrected chi connectivity index (χ4v) is 3.34. The zero-order valence-corrected chi connectivity index (χ0v) is 15.0. The summed E-state index contributed by atoms with van der Waals surface area (Å²) >= 11 is 11.8. The summed E-state index contributed by atoms with van der Waals surface area (Å²) in [5.74, 6) is -0.382. The number of carbonyl (C=O) groups excluding carboxylic acids is 1. The van der Waals surface area contributed by atoms with Crippen molar-refractivity contribution in [2.24, 2.45) is 0 Å². The fraction of sp³-hybridized carbons (Fsp3) is 0.438. The monoisotopic (exact) mass is 383 g/mol. The van der Waals surface area contributed by atoms with Crippen molar-refractivity contribution in [1.29, 1.82) is 0 Å². The number of piperidine rings is 1. The van der Waals surface area contributed by atoms with Gasteiger partial charge in [-0.15, -0.1) is 5.10 Å². The molecule has 1 atom stereocenters. The van der Waals surface area contributed by atoms with E-state index in [1.165, 1.54) is 0 Å². The Hall–Kier alpha value is -1.67. The van der Waals surface area contributed by atoms with E-state index in [0.717, 1.165) is 25.9 Å². The molecule has 0 unspecified atom stereocenters. The lowest BCUT2D eigenvalue weighted by molar-refractivity contribution is 0.0911. The number of aromatic nitrogens is 3. The van der Waals surface area contributed by atoms with Crippen LogP contribution in [0.1, 0.15) is 41.0 Å². The smallest absolute Gasteiger partial charge is 0.273 e. The maximum Gasteiger partial charge on any atom is 0.273 e. The third-order valence-electron chi connectivity index (χ3n) is 4.15. The summed E-state index contributed by atoms with van der Waals surface area (Å²) in [5, 5.41) is 25.0. The van der Waals surface area contributed by atoms with Crippen LogP contribution in [0.15, 0.2) is 24.4 Å². The molecule has 0 saturated carbocycles. The number of halogens is 2. The quantitative estimate of drug-likeness (QED) is 0.733. The van der Waals surface area contributed by atoms with Crippen LogP contribution in [0, 0.1) is 0 Å². The Morgan fingerprint density at radius 1 is 1.32 bits per heavy atom. The number of carbonyl (C=O) groups is 1. The summed E-state index contributed by atoms with van der Waals surface area (Å²) in [5.41, 5.74) is 0.769. The van der Waals surface area contributed by atoms with Crippen molar-refractivity contribution in [2.45, 2.75) is 25.0 Å². The predicted molar refractivity (Wildman–Crippen MR) is 94.9 cm³/mol. The van der Waals surface area contributed by atoms with Crippen LogP contribution in [0.4, 0.5) is 0 Å². The number of amides is 1. The van der Waals surface area contributed by atoms with E-state index in [2.05, 4.69) is 20.9 Å². The van der Waals surface area contributed by atoms with Crippen LogP contribution in [0.5, 0.6) is 0 Å². The van der Waals surface area contributed by atoms with E-state index in [0.29, 0.717) is 15.6 Å². The van der Waals surface area contributed by atoms with Gasteiger partial charge in [0.05, 0.1) is 18.3 Å². The molecule has 1 aliphatic heterocycles. The van der Waals surface area contributed by atoms with E-state index < -0.39 is 6.10 Å². The second-order valence-corrected chi connectivity index (χ2v) is 6.87. The summed E-state index contributed by atoms with van der Waals surface area (Å²) in [6.07, 6.45) is 2.64. The molecule has 1 aromatic carbocycles. The van der Waals surface area contributed by atoms with Gasteiger partial charge in [0.25, 0.3) is 5.91 Å². The average Bonchev–Trinajstić information content (AvgIpc) is 3.09. The van der Waals surface area contributed by atoms with E-state index in [1.54, 1.807) is 29.1 Å². The summed E-state index contributed by atoms with van der Waals surface area (Å²) < 4.78 is 1.74. The normalized spacial score (nSPS) is 16.6. The van der Waals surface area contributed by atoms with Crippen LogP contribution >= 0.6 is 23.2 Å². The minimum Gasteiger partial charge on any atom is -0.387 e. The van der Waals surface area contributed by atoms with Crippen LogP contribution in [0.2, 0.25) is 10.0 Å². The Kier molecular flexibility index (Phi) is 5.90. The zero-order chi connectivity index (χ0) is 17.8. The molecule has 0 aliphatic carbocycles. The highest BCUT2D eigenvalue weighted by atomic mass is 35.5. The van der Waals surface area contributed by atoms with Crippen molar-refractivity contribution in [3.8, 4) is 0 Å². The van der Waals surface area contributed by atoms with Crippen molar-refractivity contribution in [1.82, 2.24) is 25.6 Å². The first-order valence-corrected chi connectivity index (χ1v) is 8.83. The third-order valence-corrected chi connectivity index (χ3v) is 4.59. The Morgan fingerprint density at radius 3 is 2.68 bits per heavy atom. The molecular formula is C16H19Cl2N5O2. The highest BCUT2D eigenvalue weighted by molar-refractivity contribution is 6.34. The molecule has 134 valence electrons. The minimum absolute atomic E-state index is 0.0235. The van der Waals surface area contributed by atoms with Crippen molar-refractivity contribution in [3.05, 3.63) is 45.7 Å². The lowest BCUT2D eigenvalue weighted by atomic mass is 10.1. The molecule has 7 nitrogen and oxygen atoms in total. The standard InChI is InChI=1S/C16H19Cl2N5O2/c17-11-5-10(6-12(18)7-11)15(24)8-20-16(25)14-9-23(22-21-14)13-1-3-19-4-2-13/h5-7,9,13,15,19,24H,1-4,8H2,(H,20,25)/t15-/m1/s1. The van der Waals surface area contributed by atoms with Crippen LogP contribution in [-0.4, -0.2) is 45.6 Å². The minimum atomic E-state index is -0.917. The molecule has 1 amide bonds. The predicted octanol–water partition coefficient (Wildman–Crippen LogP) is 1.97. The molecule has 0 spiro atoms. The molecule has 1 aromatic heterocycles. The van der Waals surface area contributed by atoms with E-state index in [9.17, 15) is 9.90 Å². The molecular weight excluding hydrogens is 365 g/mol. The van der Waals surface area contributed by atoms with E-state index >= 15 is 0 Å². The highest BCUT2D eigenvalue weighted by Crippen LogP contribution is 2.23. The van der Waals surface area contributed by atoms with Crippen LogP contribution in [0.25, 0.3) is 0 Å². The van der Waals surface area contributed by atoms with Gasteiger partial charge in [-0.3, -0.25) is 4.79 Å². The van der Waals surface area contributed by atoms with Gasteiger partial charge in [-0.2, -0.15) is 0 Å². The average molecular weight is 384 g/mol. The SMILES string of the molecule is O=C(NC[C@@H](O)c1cc(Cl)cc(Cl)c1)c1cn(C2CCNCC2)nn1. The molecule has 0 radical (unpaired) electrons.